The quantitative estimate of drug-likeness (QED) is 0.699. The normalized spacial score (nSPS) is 15.8. The van der Waals surface area contributed by atoms with Crippen molar-refractivity contribution in [1.29, 1.82) is 0 Å². The molecule has 7 heteroatoms. The number of esters is 1. The minimum Gasteiger partial charge on any atom is -0.497 e. The van der Waals surface area contributed by atoms with Gasteiger partial charge in [0.05, 0.1) is 44.0 Å². The maximum absolute atomic E-state index is 12.8. The van der Waals surface area contributed by atoms with Crippen molar-refractivity contribution in [2.24, 2.45) is 0 Å². The number of ether oxygens (including phenoxy) is 3. The molecule has 4 rings (SSSR count). The third-order valence-electron chi connectivity index (χ3n) is 4.97. The summed E-state index contributed by atoms with van der Waals surface area (Å²) in [5.41, 5.74) is 3.69. The third-order valence-corrected chi connectivity index (χ3v) is 4.97. The van der Waals surface area contributed by atoms with Crippen LogP contribution in [0.3, 0.4) is 0 Å². The van der Waals surface area contributed by atoms with E-state index in [0.717, 1.165) is 16.6 Å². The van der Waals surface area contributed by atoms with Gasteiger partial charge in [-0.15, -0.1) is 0 Å². The zero-order valence-electron chi connectivity index (χ0n) is 16.1. The van der Waals surface area contributed by atoms with Crippen molar-refractivity contribution in [3.8, 4) is 11.5 Å². The Hall–Kier alpha value is -3.48. The number of allylic oxidation sites excluding steroid dienone is 1. The highest BCUT2D eigenvalue weighted by molar-refractivity contribution is 5.94. The van der Waals surface area contributed by atoms with Gasteiger partial charge in [0.2, 0.25) is 5.95 Å². The Morgan fingerprint density at radius 2 is 1.89 bits per heavy atom. The molecule has 1 atom stereocenters. The van der Waals surface area contributed by atoms with E-state index >= 15 is 0 Å². The van der Waals surface area contributed by atoms with E-state index in [1.165, 1.54) is 7.11 Å². The van der Waals surface area contributed by atoms with Gasteiger partial charge < -0.3 is 19.5 Å². The van der Waals surface area contributed by atoms with E-state index in [0.29, 0.717) is 28.7 Å². The van der Waals surface area contributed by atoms with Gasteiger partial charge in [-0.3, -0.25) is 4.57 Å². The van der Waals surface area contributed by atoms with Gasteiger partial charge in [0.1, 0.15) is 11.5 Å². The van der Waals surface area contributed by atoms with E-state index in [-0.39, 0.29) is 0 Å². The van der Waals surface area contributed by atoms with Crippen LogP contribution < -0.4 is 14.8 Å². The number of nitrogens with one attached hydrogen (secondary N) is 1. The molecule has 3 aromatic rings. The predicted molar refractivity (Wildman–Crippen MR) is 106 cm³/mol. The van der Waals surface area contributed by atoms with Crippen molar-refractivity contribution >= 4 is 23.0 Å². The Morgan fingerprint density at radius 1 is 1.11 bits per heavy atom. The van der Waals surface area contributed by atoms with Gasteiger partial charge in [0.25, 0.3) is 0 Å². The summed E-state index contributed by atoms with van der Waals surface area (Å²) in [4.78, 5) is 17.4. The number of rotatable bonds is 4. The van der Waals surface area contributed by atoms with Gasteiger partial charge in [-0.1, -0.05) is 12.1 Å². The highest BCUT2D eigenvalue weighted by Gasteiger charge is 2.36. The first-order valence-electron chi connectivity index (χ1n) is 8.84. The average Bonchev–Trinajstić information content (AvgIpc) is 3.09. The smallest absolute Gasteiger partial charge is 0.337 e. The van der Waals surface area contributed by atoms with Crippen molar-refractivity contribution in [3.05, 3.63) is 59.3 Å². The van der Waals surface area contributed by atoms with Crippen LogP contribution in [0.1, 0.15) is 18.5 Å². The van der Waals surface area contributed by atoms with Crippen molar-refractivity contribution in [3.63, 3.8) is 0 Å². The summed E-state index contributed by atoms with van der Waals surface area (Å²) < 4.78 is 18.1. The van der Waals surface area contributed by atoms with Crippen LogP contribution in [0.4, 0.5) is 5.95 Å². The number of para-hydroxylation sites is 2. The van der Waals surface area contributed by atoms with E-state index in [9.17, 15) is 4.79 Å². The first-order chi connectivity index (χ1) is 13.6. The zero-order valence-corrected chi connectivity index (χ0v) is 16.1. The Balaban J connectivity index is 2.06. The largest absolute Gasteiger partial charge is 0.497 e. The molecule has 2 heterocycles. The van der Waals surface area contributed by atoms with Crippen LogP contribution in [0.15, 0.2) is 53.7 Å². The van der Waals surface area contributed by atoms with Crippen molar-refractivity contribution in [2.45, 2.75) is 13.0 Å². The van der Waals surface area contributed by atoms with Crippen LogP contribution in [0.2, 0.25) is 0 Å². The Bertz CT molecular complexity index is 1100. The van der Waals surface area contributed by atoms with Crippen molar-refractivity contribution in [2.75, 3.05) is 26.6 Å². The lowest BCUT2D eigenvalue weighted by Gasteiger charge is -2.31. The fraction of sp³-hybridized carbons (Fsp3) is 0.238. The number of benzene rings is 2. The maximum Gasteiger partial charge on any atom is 0.337 e. The third kappa shape index (κ3) is 2.67. The molecule has 2 aromatic carbocycles. The fourth-order valence-electron chi connectivity index (χ4n) is 3.69. The monoisotopic (exact) mass is 379 g/mol. The molecule has 0 bridgehead atoms. The van der Waals surface area contributed by atoms with Gasteiger partial charge >= 0.3 is 5.97 Å². The second-order valence-electron chi connectivity index (χ2n) is 6.46. The van der Waals surface area contributed by atoms with Gasteiger partial charge in [0, 0.05) is 11.3 Å². The predicted octanol–water partition coefficient (Wildman–Crippen LogP) is 3.52. The van der Waals surface area contributed by atoms with Gasteiger partial charge in [0.15, 0.2) is 0 Å². The van der Waals surface area contributed by atoms with Gasteiger partial charge in [-0.2, -0.15) is 0 Å². The summed E-state index contributed by atoms with van der Waals surface area (Å²) in [7, 11) is 4.59. The summed E-state index contributed by atoms with van der Waals surface area (Å²) in [6.07, 6.45) is 0. The molecule has 0 aliphatic carbocycles. The number of carbonyl (C=O) groups excluding carboxylic acids is 1. The van der Waals surface area contributed by atoms with Crippen LogP contribution in [0, 0.1) is 0 Å². The summed E-state index contributed by atoms with van der Waals surface area (Å²) in [6.45, 7) is 1.84. The standard InChI is InChI=1S/C21H21N3O4/c1-12-18(20(25)28-4)19(14-11-13(26-2)9-10-17(14)27-3)24-16-8-6-5-7-15(16)23-21(24)22-12/h5-11,19H,1-4H3,(H,22,23). The molecule has 0 saturated carbocycles. The number of imidazole rings is 1. The highest BCUT2D eigenvalue weighted by Crippen LogP contribution is 2.43. The molecular formula is C21H21N3O4. The van der Waals surface area contributed by atoms with E-state index in [4.69, 9.17) is 19.2 Å². The Morgan fingerprint density at radius 3 is 2.61 bits per heavy atom. The maximum atomic E-state index is 12.8. The molecule has 1 aliphatic rings. The van der Waals surface area contributed by atoms with Crippen LogP contribution in [-0.2, 0) is 9.53 Å². The molecule has 0 spiro atoms. The molecule has 7 nitrogen and oxygen atoms in total. The Labute approximate surface area is 162 Å². The van der Waals surface area contributed by atoms with Gasteiger partial charge in [-0.25, -0.2) is 9.78 Å². The second kappa shape index (κ2) is 6.92. The molecule has 1 N–H and O–H groups in total. The number of carbonyl (C=O) groups is 1. The average molecular weight is 379 g/mol. The minimum absolute atomic E-state index is 0.414. The van der Waals surface area contributed by atoms with E-state index in [2.05, 4.69) is 5.32 Å². The number of hydrogen-bond acceptors (Lipinski definition) is 6. The topological polar surface area (TPSA) is 74.6 Å². The number of anilines is 1. The molecule has 144 valence electrons. The molecule has 0 saturated heterocycles. The molecule has 0 radical (unpaired) electrons. The van der Waals surface area contributed by atoms with Crippen LogP contribution in [0.25, 0.3) is 11.0 Å². The molecular weight excluding hydrogens is 358 g/mol. The SMILES string of the molecule is COC(=O)C1=C(C)Nc2nc3ccccc3n2C1c1cc(OC)ccc1OC. The minimum atomic E-state index is -0.485. The van der Waals surface area contributed by atoms with Crippen LogP contribution in [-0.4, -0.2) is 36.8 Å². The zero-order chi connectivity index (χ0) is 19.8. The summed E-state index contributed by atoms with van der Waals surface area (Å²) in [5.74, 6) is 1.55. The highest BCUT2D eigenvalue weighted by atomic mass is 16.5. The molecule has 28 heavy (non-hydrogen) atoms. The number of fused-ring (bicyclic) bond motifs is 3. The molecule has 1 aliphatic heterocycles. The number of hydrogen-bond donors (Lipinski definition) is 1. The summed E-state index contributed by atoms with van der Waals surface area (Å²) >= 11 is 0. The number of nitrogens with zero attached hydrogens (tertiary/aromatic N) is 2. The molecule has 1 aromatic heterocycles. The summed E-state index contributed by atoms with van der Waals surface area (Å²) in [6, 6.07) is 12.8. The van der Waals surface area contributed by atoms with E-state index < -0.39 is 12.0 Å². The molecule has 0 fully saturated rings. The molecule has 0 amide bonds. The first kappa shape index (κ1) is 17.9. The van der Waals surface area contributed by atoms with Crippen molar-refractivity contribution in [1.82, 2.24) is 9.55 Å². The van der Waals surface area contributed by atoms with Crippen molar-refractivity contribution < 1.29 is 19.0 Å². The fourth-order valence-corrected chi connectivity index (χ4v) is 3.69. The van der Waals surface area contributed by atoms with Gasteiger partial charge in [-0.05, 0) is 37.3 Å². The van der Waals surface area contributed by atoms with E-state index in [1.807, 2.05) is 54.0 Å². The lowest BCUT2D eigenvalue weighted by Crippen LogP contribution is -2.28. The number of methoxy groups -OCH3 is 3. The van der Waals surface area contributed by atoms with Crippen LogP contribution >= 0.6 is 0 Å². The second-order valence-corrected chi connectivity index (χ2v) is 6.46. The lowest BCUT2D eigenvalue weighted by atomic mass is 9.94. The first-order valence-corrected chi connectivity index (χ1v) is 8.84. The Kier molecular flexibility index (Phi) is 4.43. The summed E-state index contributed by atoms with van der Waals surface area (Å²) in [5, 5.41) is 3.24. The lowest BCUT2D eigenvalue weighted by molar-refractivity contribution is -0.136. The molecule has 1 unspecified atom stereocenters. The van der Waals surface area contributed by atoms with Crippen LogP contribution in [0.5, 0.6) is 11.5 Å². The van der Waals surface area contributed by atoms with E-state index in [1.54, 1.807) is 14.2 Å². The number of aromatic nitrogens is 2.